The quantitative estimate of drug-likeness (QED) is 0.886. The summed E-state index contributed by atoms with van der Waals surface area (Å²) in [6.07, 6.45) is 1.06. The van der Waals surface area contributed by atoms with Crippen LogP contribution >= 0.6 is 0 Å². The molecule has 4 nitrogen and oxygen atoms in total. The largest absolute Gasteiger partial charge is 0.393 e. The van der Waals surface area contributed by atoms with Crippen molar-refractivity contribution in [1.82, 2.24) is 4.90 Å². The molecular weight excluding hydrogens is 252 g/mol. The molecule has 110 valence electrons. The van der Waals surface area contributed by atoms with E-state index in [1.807, 2.05) is 31.3 Å². The van der Waals surface area contributed by atoms with Crippen molar-refractivity contribution in [3.63, 3.8) is 0 Å². The van der Waals surface area contributed by atoms with Crippen molar-refractivity contribution < 1.29 is 9.90 Å². The second-order valence-electron chi connectivity index (χ2n) is 5.82. The number of hydrogen-bond donors (Lipinski definition) is 2. The summed E-state index contributed by atoms with van der Waals surface area (Å²) < 4.78 is 0. The number of rotatable bonds is 4. The molecule has 1 aromatic rings. The fourth-order valence-corrected chi connectivity index (χ4v) is 2.73. The highest BCUT2D eigenvalue weighted by Crippen LogP contribution is 2.35. The Bertz CT molecular complexity index is 473. The molecule has 1 aromatic carbocycles. The van der Waals surface area contributed by atoms with Crippen LogP contribution in [0.2, 0.25) is 0 Å². The number of carbonyl (C=O) groups excluding carboxylic acids is 1. The van der Waals surface area contributed by atoms with Gasteiger partial charge >= 0.3 is 0 Å². The molecule has 3 unspecified atom stereocenters. The van der Waals surface area contributed by atoms with Crippen molar-refractivity contribution in [3.05, 3.63) is 29.8 Å². The number of carbonyl (C=O) groups is 1. The van der Waals surface area contributed by atoms with E-state index in [-0.39, 0.29) is 17.9 Å². The van der Waals surface area contributed by atoms with Gasteiger partial charge in [-0.15, -0.1) is 0 Å². The lowest BCUT2D eigenvalue weighted by atomic mass is 9.86. The summed E-state index contributed by atoms with van der Waals surface area (Å²) in [5.74, 6) is 0.0629. The maximum atomic E-state index is 12.6. The van der Waals surface area contributed by atoms with Gasteiger partial charge in [0.05, 0.1) is 12.0 Å². The first kappa shape index (κ1) is 14.9. The lowest BCUT2D eigenvalue weighted by molar-refractivity contribution is -0.132. The molecule has 0 fully saturated rings. The summed E-state index contributed by atoms with van der Waals surface area (Å²) in [7, 11) is 1.82. The molecule has 2 N–H and O–H groups in total. The molecule has 1 aliphatic rings. The fourth-order valence-electron chi connectivity index (χ4n) is 2.73. The molecule has 1 amide bonds. The summed E-state index contributed by atoms with van der Waals surface area (Å²) in [5, 5.41) is 12.8. The molecule has 0 aromatic heterocycles. The van der Waals surface area contributed by atoms with Crippen LogP contribution in [0.5, 0.6) is 0 Å². The minimum Gasteiger partial charge on any atom is -0.393 e. The highest BCUT2D eigenvalue weighted by atomic mass is 16.3. The molecule has 4 heteroatoms. The van der Waals surface area contributed by atoms with Crippen LogP contribution in [0.3, 0.4) is 0 Å². The van der Waals surface area contributed by atoms with Crippen molar-refractivity contribution in [2.75, 3.05) is 18.9 Å². The van der Waals surface area contributed by atoms with Crippen LogP contribution in [0.25, 0.3) is 0 Å². The Morgan fingerprint density at radius 3 is 2.90 bits per heavy atom. The first-order chi connectivity index (χ1) is 9.49. The predicted molar refractivity (Wildman–Crippen MR) is 80.8 cm³/mol. The number of likely N-dealkylation sites (N-methyl/N-ethyl adjacent to an activating group) is 1. The molecule has 0 aliphatic carbocycles. The third kappa shape index (κ3) is 3.31. The summed E-state index contributed by atoms with van der Waals surface area (Å²) in [6.45, 7) is 4.45. The van der Waals surface area contributed by atoms with Crippen molar-refractivity contribution in [2.24, 2.45) is 0 Å². The lowest BCUT2D eigenvalue weighted by Gasteiger charge is -2.33. The number of aliphatic hydroxyl groups excluding tert-OH is 1. The zero-order valence-corrected chi connectivity index (χ0v) is 12.5. The Hall–Kier alpha value is -1.55. The normalized spacial score (nSPS) is 22.6. The van der Waals surface area contributed by atoms with E-state index in [1.54, 1.807) is 11.8 Å². The van der Waals surface area contributed by atoms with Crippen LogP contribution in [-0.4, -0.2) is 41.7 Å². The molecule has 0 bridgehead atoms. The number of para-hydroxylation sites is 1. The maximum Gasteiger partial charge on any atom is 0.230 e. The van der Waals surface area contributed by atoms with E-state index in [2.05, 4.69) is 12.2 Å². The van der Waals surface area contributed by atoms with Gasteiger partial charge in [-0.1, -0.05) is 18.2 Å². The average molecular weight is 276 g/mol. The van der Waals surface area contributed by atoms with Crippen LogP contribution in [0.1, 0.15) is 38.2 Å². The van der Waals surface area contributed by atoms with E-state index < -0.39 is 0 Å². The third-order valence-electron chi connectivity index (χ3n) is 3.88. The van der Waals surface area contributed by atoms with Gasteiger partial charge in [-0.25, -0.2) is 0 Å². The smallest absolute Gasteiger partial charge is 0.230 e. The summed E-state index contributed by atoms with van der Waals surface area (Å²) in [5.41, 5.74) is 2.15. The molecule has 20 heavy (non-hydrogen) atoms. The number of amides is 1. The highest BCUT2D eigenvalue weighted by Gasteiger charge is 2.31. The molecule has 3 atom stereocenters. The summed E-state index contributed by atoms with van der Waals surface area (Å²) >= 11 is 0. The monoisotopic (exact) mass is 276 g/mol. The van der Waals surface area contributed by atoms with Gasteiger partial charge in [0.2, 0.25) is 5.91 Å². The SMILES string of the molecule is CC(O)CCN(C)C(=O)C1CC(C)Nc2ccccc21. The van der Waals surface area contributed by atoms with E-state index in [0.717, 1.165) is 17.7 Å². The van der Waals surface area contributed by atoms with Crippen LogP contribution in [0.15, 0.2) is 24.3 Å². The maximum absolute atomic E-state index is 12.6. The summed E-state index contributed by atoms with van der Waals surface area (Å²) in [6, 6.07) is 8.32. The first-order valence-electron chi connectivity index (χ1n) is 7.27. The van der Waals surface area contributed by atoms with Gasteiger partial charge < -0.3 is 15.3 Å². The number of nitrogens with zero attached hydrogens (tertiary/aromatic N) is 1. The molecule has 2 rings (SSSR count). The van der Waals surface area contributed by atoms with Gasteiger partial charge in [0.1, 0.15) is 0 Å². The zero-order valence-electron chi connectivity index (χ0n) is 12.5. The number of anilines is 1. The average Bonchev–Trinajstić information content (AvgIpc) is 2.42. The van der Waals surface area contributed by atoms with Gasteiger partial charge in [-0.05, 0) is 38.3 Å². The minimum absolute atomic E-state index is 0.0820. The van der Waals surface area contributed by atoms with Crippen molar-refractivity contribution in [3.8, 4) is 0 Å². The number of fused-ring (bicyclic) bond motifs is 1. The first-order valence-corrected chi connectivity index (χ1v) is 7.27. The highest BCUT2D eigenvalue weighted by molar-refractivity contribution is 5.86. The number of hydrogen-bond acceptors (Lipinski definition) is 3. The van der Waals surface area contributed by atoms with E-state index in [4.69, 9.17) is 0 Å². The molecule has 0 saturated carbocycles. The molecule has 0 spiro atoms. The second kappa shape index (κ2) is 6.27. The van der Waals surface area contributed by atoms with Gasteiger partial charge in [0, 0.05) is 25.3 Å². The van der Waals surface area contributed by atoms with Crippen LogP contribution < -0.4 is 5.32 Å². The van der Waals surface area contributed by atoms with Crippen molar-refractivity contribution in [2.45, 2.75) is 44.8 Å². The van der Waals surface area contributed by atoms with E-state index >= 15 is 0 Å². The van der Waals surface area contributed by atoms with Crippen LogP contribution in [-0.2, 0) is 4.79 Å². The molecule has 0 saturated heterocycles. The zero-order chi connectivity index (χ0) is 14.7. The number of nitrogens with one attached hydrogen (secondary N) is 1. The Morgan fingerprint density at radius 1 is 1.50 bits per heavy atom. The predicted octanol–water partition coefficient (Wildman–Crippen LogP) is 2.20. The van der Waals surface area contributed by atoms with Gasteiger partial charge in [-0.2, -0.15) is 0 Å². The molecule has 0 radical (unpaired) electrons. The minimum atomic E-state index is -0.371. The Balaban J connectivity index is 2.13. The van der Waals surface area contributed by atoms with Crippen molar-refractivity contribution in [1.29, 1.82) is 0 Å². The molecule has 1 heterocycles. The Labute approximate surface area is 120 Å². The molecule has 1 aliphatic heterocycles. The summed E-state index contributed by atoms with van der Waals surface area (Å²) in [4.78, 5) is 14.4. The van der Waals surface area contributed by atoms with Crippen molar-refractivity contribution >= 4 is 11.6 Å². The Morgan fingerprint density at radius 2 is 2.20 bits per heavy atom. The van der Waals surface area contributed by atoms with Gasteiger partial charge in [0.15, 0.2) is 0 Å². The van der Waals surface area contributed by atoms with Crippen LogP contribution in [0, 0.1) is 0 Å². The van der Waals surface area contributed by atoms with E-state index in [0.29, 0.717) is 19.0 Å². The standard InChI is InChI=1S/C16H24N2O2/c1-11-10-14(13-6-4-5-7-15(13)17-11)16(20)18(3)9-8-12(2)19/h4-7,11-12,14,17,19H,8-10H2,1-3H3. The van der Waals surface area contributed by atoms with Gasteiger partial charge in [0.25, 0.3) is 0 Å². The third-order valence-corrected chi connectivity index (χ3v) is 3.88. The van der Waals surface area contributed by atoms with E-state index in [9.17, 15) is 9.90 Å². The number of aliphatic hydroxyl groups is 1. The molecular formula is C16H24N2O2. The van der Waals surface area contributed by atoms with Gasteiger partial charge in [-0.3, -0.25) is 4.79 Å². The lowest BCUT2D eigenvalue weighted by Crippen LogP contribution is -2.38. The van der Waals surface area contributed by atoms with Crippen LogP contribution in [0.4, 0.5) is 5.69 Å². The topological polar surface area (TPSA) is 52.6 Å². The Kier molecular flexibility index (Phi) is 4.65. The van der Waals surface area contributed by atoms with E-state index in [1.165, 1.54) is 0 Å². The number of benzene rings is 1. The second-order valence-corrected chi connectivity index (χ2v) is 5.82. The fraction of sp³-hybridized carbons (Fsp3) is 0.562.